The lowest BCUT2D eigenvalue weighted by Gasteiger charge is -2.51. The van der Waals surface area contributed by atoms with Crippen LogP contribution in [-0.4, -0.2) is 468 Å². The highest BCUT2D eigenvalue weighted by molar-refractivity contribution is 5.74. The van der Waals surface area contributed by atoms with Crippen LogP contribution < -0.4 is 16.0 Å². The smallest absolute Gasteiger partial charge is 0.217 e. The van der Waals surface area contributed by atoms with Crippen LogP contribution in [0.4, 0.5) is 0 Å². The van der Waals surface area contributed by atoms with E-state index < -0.39 is 340 Å². The van der Waals surface area contributed by atoms with Crippen LogP contribution in [0.15, 0.2) is 0 Å². The van der Waals surface area contributed by atoms with Crippen molar-refractivity contribution in [3.63, 3.8) is 0 Å². The van der Waals surface area contributed by atoms with Gasteiger partial charge in [0.15, 0.2) is 50.3 Å². The molecule has 47 nitrogen and oxygen atoms in total. The maximum Gasteiger partial charge on any atom is 0.217 e. The number of amides is 3. The molecule has 622 valence electrons. The fourth-order valence-corrected chi connectivity index (χ4v) is 13.5. The van der Waals surface area contributed by atoms with Crippen molar-refractivity contribution in [3.8, 4) is 0 Å². The van der Waals surface area contributed by atoms with Crippen molar-refractivity contribution in [1.82, 2.24) is 16.0 Å². The molecule has 0 spiro atoms. The highest BCUT2D eigenvalue weighted by Crippen LogP contribution is 2.39. The Labute approximate surface area is 607 Å². The number of aliphatic hydroxyl groups is 25. The zero-order valence-electron chi connectivity index (χ0n) is 58.0. The minimum absolute atomic E-state index is 0.880. The molecule has 8 saturated heterocycles. The van der Waals surface area contributed by atoms with Gasteiger partial charge in [-0.2, -0.15) is 0 Å². The number of carbonyl (C=O) groups excluding carboxylic acids is 3. The van der Waals surface area contributed by atoms with Crippen molar-refractivity contribution in [2.75, 3.05) is 52.9 Å². The summed E-state index contributed by atoms with van der Waals surface area (Å²) >= 11 is 0. The van der Waals surface area contributed by atoms with E-state index in [4.69, 9.17) is 75.8 Å². The Morgan fingerprint density at radius 1 is 0.318 bits per heavy atom. The Kier molecular flexibility index (Phi) is 32.7. The van der Waals surface area contributed by atoms with Crippen LogP contribution in [0.5, 0.6) is 0 Å². The summed E-state index contributed by atoms with van der Waals surface area (Å²) in [6, 6.07) is -5.64. The third kappa shape index (κ3) is 20.1. The van der Waals surface area contributed by atoms with Gasteiger partial charge in [0.1, 0.15) is 207 Å². The van der Waals surface area contributed by atoms with Crippen molar-refractivity contribution in [1.29, 1.82) is 0 Å². The van der Waals surface area contributed by atoms with Crippen LogP contribution in [-0.2, 0) is 90.2 Å². The number of hydrogen-bond donors (Lipinski definition) is 28. The van der Waals surface area contributed by atoms with E-state index in [-0.39, 0.29) is 0 Å². The van der Waals surface area contributed by atoms with Crippen LogP contribution in [0.3, 0.4) is 0 Å². The van der Waals surface area contributed by atoms with Gasteiger partial charge in [-0.05, 0) is 13.8 Å². The molecule has 0 aliphatic carbocycles. The summed E-state index contributed by atoms with van der Waals surface area (Å²) in [5.41, 5.74) is 0. The summed E-state index contributed by atoms with van der Waals surface area (Å²) in [5, 5.41) is 281. The summed E-state index contributed by atoms with van der Waals surface area (Å²) in [4.78, 5) is 38.4. The first-order valence-corrected chi connectivity index (χ1v) is 34.3. The van der Waals surface area contributed by atoms with Crippen LogP contribution >= 0.6 is 0 Å². The number of aliphatic hydroxyl groups excluding tert-OH is 25. The van der Waals surface area contributed by atoms with Crippen LogP contribution in [0.1, 0.15) is 34.6 Å². The van der Waals surface area contributed by atoms with Crippen molar-refractivity contribution >= 4 is 17.7 Å². The van der Waals surface area contributed by atoms with E-state index in [0.29, 0.717) is 0 Å². The highest BCUT2D eigenvalue weighted by Gasteiger charge is 2.60. The molecule has 0 bridgehead atoms. The molecular formula is C60H103N3O44. The van der Waals surface area contributed by atoms with Crippen LogP contribution in [0, 0.1) is 0 Å². The van der Waals surface area contributed by atoms with Gasteiger partial charge in [0.05, 0.1) is 65.1 Å². The van der Waals surface area contributed by atoms with Crippen LogP contribution in [0.25, 0.3) is 0 Å². The van der Waals surface area contributed by atoms with Crippen molar-refractivity contribution in [2.45, 2.75) is 304 Å². The molecule has 8 aliphatic rings. The molecule has 8 fully saturated rings. The molecule has 28 N–H and O–H groups in total. The lowest BCUT2D eigenvalue weighted by Crippen LogP contribution is -2.70. The lowest BCUT2D eigenvalue weighted by atomic mass is 9.94. The Hall–Kier alpha value is -3.23. The van der Waals surface area contributed by atoms with E-state index in [1.165, 1.54) is 13.8 Å². The SMILES string of the molecule is CC(=O)N[C@H]1[C@H](O[C@@H]([C@@H](O)[C@H](O)CO[C@@H]2O[C@H](CO)[C@@H](O[C@@H]3O[C@H](CO)[C@H](O)[C@H](O)[C@H]3O[C@@H]3O[C@@H](C)[C@@H](O)[C@@H](O)[C@@H]3O)[C@H](O)[C@H]2NC(C)=O)[C@@H](O)CO)O[C@H](CO)[C@@H](O[C@@H]2O[C@H](CO)[C@H](O)[C@H](O[C@@H]3O[C@H](CO)[C@@H](O[C@@H]4O[C@H](CO)[C@H](O)[C@H](O)[C@H]4O[C@@H]4O[C@@H](C)[C@@H](O)[C@@H](O)[C@@H]4O)[C@H](O)[C@H]3NC(C)=O)[C@H]2O)[C@@H]1O. The minimum Gasteiger partial charge on any atom is -0.394 e. The number of nitrogens with one attached hydrogen (secondary N) is 3. The first kappa shape index (κ1) is 89.3. The van der Waals surface area contributed by atoms with Gasteiger partial charge in [-0.3, -0.25) is 14.4 Å². The van der Waals surface area contributed by atoms with Crippen molar-refractivity contribution < 1.29 is 218 Å². The highest BCUT2D eigenvalue weighted by atomic mass is 16.8. The van der Waals surface area contributed by atoms with Gasteiger partial charge >= 0.3 is 0 Å². The molecule has 0 saturated carbocycles. The van der Waals surface area contributed by atoms with Gasteiger partial charge < -0.3 is 219 Å². The van der Waals surface area contributed by atoms with Gasteiger partial charge in [0.25, 0.3) is 0 Å². The number of carbonyl (C=O) groups is 3. The molecule has 8 heterocycles. The topological polar surface area (TPSA) is 741 Å². The standard InChI is InChI=1S/C60H103N3O44/c1-14-30(76)39(85)43(89)56(93-14)106-51-41(87)33(79)21(7-65)96-59(51)103-48-24(10-68)98-53(27(36(48)82)61-16(3)71)92-13-20(75)32(78)46(19(74)6-64)101-54-28(62-17(4)72)37(83)47(25(11-69)99-54)102-58-45(91)50(35(81)23(9-67)95-58)105-55-29(63-18(5)73)38(84)49(26(12-70)100-55)104-60-52(42(88)34(80)22(8-66)97-60)107-57-44(90)40(86)31(77)15(2)94-57/h14-15,19-60,64-70,74-91H,6-13H2,1-5H3,(H,61,71)(H,62,72)(H,63,73)/t14-,15-,19-,20+,21+,22+,23+,24+,25+,26+,27+,28+,29+,30+,31+,32-,33-,34-,35-,36+,37+,38+,39+,40+,41-,42-,43-,44-,45+,46+,47+,48+,49+,50-,51+,52+,53+,54-,55-,56-,57-,58-,59-,60-/m0/s1. The second kappa shape index (κ2) is 39.2. The van der Waals surface area contributed by atoms with E-state index >= 15 is 0 Å². The van der Waals surface area contributed by atoms with E-state index in [9.17, 15) is 142 Å². The predicted octanol–water partition coefficient (Wildman–Crippen LogP) is -18.5. The molecule has 0 aromatic carbocycles. The Balaban J connectivity index is 0.959. The van der Waals surface area contributed by atoms with Gasteiger partial charge in [-0.15, -0.1) is 0 Å². The largest absolute Gasteiger partial charge is 0.394 e. The normalized spacial score (nSPS) is 47.6. The van der Waals surface area contributed by atoms with E-state index in [1.807, 2.05) is 0 Å². The molecule has 8 rings (SSSR count). The Morgan fingerprint density at radius 2 is 0.636 bits per heavy atom. The third-order valence-electron chi connectivity index (χ3n) is 19.5. The summed E-state index contributed by atoms with van der Waals surface area (Å²) in [5.74, 6) is -2.76. The first-order chi connectivity index (χ1) is 50.5. The molecular weight excluding hydrogens is 1470 g/mol. The molecule has 107 heavy (non-hydrogen) atoms. The van der Waals surface area contributed by atoms with Crippen LogP contribution in [0.2, 0.25) is 0 Å². The summed E-state index contributed by atoms with van der Waals surface area (Å²) in [7, 11) is 0. The van der Waals surface area contributed by atoms with Gasteiger partial charge in [0, 0.05) is 20.8 Å². The van der Waals surface area contributed by atoms with E-state index in [0.717, 1.165) is 20.8 Å². The van der Waals surface area contributed by atoms with E-state index in [1.54, 1.807) is 0 Å². The second-order valence-electron chi connectivity index (χ2n) is 27.2. The molecule has 0 unspecified atom stereocenters. The molecule has 0 aromatic heterocycles. The quantitative estimate of drug-likeness (QED) is 0.0318. The Bertz CT molecular complexity index is 2750. The molecule has 8 aliphatic heterocycles. The zero-order valence-corrected chi connectivity index (χ0v) is 58.0. The summed E-state index contributed by atoms with van der Waals surface area (Å²) in [6.07, 6.45) is -80.3. The summed E-state index contributed by atoms with van der Waals surface area (Å²) < 4.78 is 92.9. The lowest BCUT2D eigenvalue weighted by molar-refractivity contribution is -0.391. The maximum absolute atomic E-state index is 12.9. The third-order valence-corrected chi connectivity index (χ3v) is 19.5. The average Bonchev–Trinajstić information content (AvgIpc) is 0.772. The Morgan fingerprint density at radius 3 is 1.03 bits per heavy atom. The predicted molar refractivity (Wildman–Crippen MR) is 331 cm³/mol. The molecule has 0 aromatic rings. The zero-order chi connectivity index (χ0) is 79.2. The fraction of sp³-hybridized carbons (Fsp3) is 0.950. The van der Waals surface area contributed by atoms with Gasteiger partial charge in [0.2, 0.25) is 17.7 Å². The van der Waals surface area contributed by atoms with Crippen molar-refractivity contribution in [3.05, 3.63) is 0 Å². The maximum atomic E-state index is 12.9. The first-order valence-electron chi connectivity index (χ1n) is 34.3. The fourth-order valence-electron chi connectivity index (χ4n) is 13.5. The monoisotopic (exact) mass is 1570 g/mol. The van der Waals surface area contributed by atoms with Gasteiger partial charge in [-0.25, -0.2) is 0 Å². The van der Waals surface area contributed by atoms with Gasteiger partial charge in [-0.1, -0.05) is 0 Å². The molecule has 3 amide bonds. The summed E-state index contributed by atoms with van der Waals surface area (Å²) in [6.45, 7) is -3.41. The number of rotatable bonds is 30. The molecule has 0 radical (unpaired) electrons. The number of hydrogen-bond acceptors (Lipinski definition) is 44. The second-order valence-corrected chi connectivity index (χ2v) is 27.2. The average molecular weight is 1570 g/mol. The van der Waals surface area contributed by atoms with E-state index in [2.05, 4.69) is 16.0 Å². The van der Waals surface area contributed by atoms with Crippen molar-refractivity contribution in [2.24, 2.45) is 0 Å². The molecule has 47 heteroatoms. The molecule has 44 atom stereocenters. The minimum atomic E-state index is -2.46. The number of ether oxygens (including phenoxy) is 16.